The van der Waals surface area contributed by atoms with E-state index in [1.54, 1.807) is 4.68 Å². The number of nitrogens with zero attached hydrogens (tertiary/aromatic N) is 4. The SMILES string of the molecule is Cc1ccc(NC(=O)C2(CN)CCC2)cc1-n1cnnn1. The smallest absolute Gasteiger partial charge is 0.231 e. The van der Waals surface area contributed by atoms with Crippen LogP contribution in [0.4, 0.5) is 5.69 Å². The van der Waals surface area contributed by atoms with Crippen LogP contribution in [0.5, 0.6) is 0 Å². The monoisotopic (exact) mass is 286 g/mol. The Balaban J connectivity index is 1.84. The molecular formula is C14H18N6O. The van der Waals surface area contributed by atoms with Crippen molar-refractivity contribution in [3.63, 3.8) is 0 Å². The molecule has 0 atom stereocenters. The van der Waals surface area contributed by atoms with E-state index in [1.807, 2.05) is 25.1 Å². The predicted molar refractivity (Wildman–Crippen MR) is 77.9 cm³/mol. The van der Waals surface area contributed by atoms with Gasteiger partial charge in [-0.1, -0.05) is 12.5 Å². The lowest BCUT2D eigenvalue weighted by Gasteiger charge is -2.39. The van der Waals surface area contributed by atoms with E-state index in [2.05, 4.69) is 20.8 Å². The van der Waals surface area contributed by atoms with Crippen LogP contribution in [0.1, 0.15) is 24.8 Å². The van der Waals surface area contributed by atoms with Crippen LogP contribution in [0.2, 0.25) is 0 Å². The van der Waals surface area contributed by atoms with Crippen molar-refractivity contribution in [3.05, 3.63) is 30.1 Å². The Bertz CT molecular complexity index is 642. The van der Waals surface area contributed by atoms with Crippen molar-refractivity contribution in [2.45, 2.75) is 26.2 Å². The molecule has 1 heterocycles. The number of rotatable bonds is 4. The summed E-state index contributed by atoms with van der Waals surface area (Å²) in [6, 6.07) is 5.68. The van der Waals surface area contributed by atoms with Crippen LogP contribution >= 0.6 is 0 Å². The van der Waals surface area contributed by atoms with E-state index in [4.69, 9.17) is 5.73 Å². The standard InChI is InChI=1S/C14H18N6O/c1-10-3-4-11(7-12(10)20-9-16-18-19-20)17-13(21)14(8-15)5-2-6-14/h3-4,7,9H,2,5-6,8,15H2,1H3,(H,17,21). The topological polar surface area (TPSA) is 98.7 Å². The van der Waals surface area contributed by atoms with Gasteiger partial charge in [0.25, 0.3) is 0 Å². The number of hydrogen-bond acceptors (Lipinski definition) is 5. The summed E-state index contributed by atoms with van der Waals surface area (Å²) in [5.41, 5.74) is 7.97. The molecule has 0 unspecified atom stereocenters. The van der Waals surface area contributed by atoms with Gasteiger partial charge in [-0.15, -0.1) is 5.10 Å². The van der Waals surface area contributed by atoms with Crippen LogP contribution in [0.3, 0.4) is 0 Å². The number of anilines is 1. The third kappa shape index (κ3) is 2.40. The number of carbonyl (C=O) groups excluding carboxylic acids is 1. The van der Waals surface area contributed by atoms with Crippen molar-refractivity contribution in [3.8, 4) is 5.69 Å². The summed E-state index contributed by atoms with van der Waals surface area (Å²) in [4.78, 5) is 12.4. The average Bonchev–Trinajstić information content (AvgIpc) is 2.94. The van der Waals surface area contributed by atoms with Gasteiger partial charge in [-0.2, -0.15) is 0 Å². The van der Waals surface area contributed by atoms with E-state index in [-0.39, 0.29) is 11.3 Å². The molecule has 21 heavy (non-hydrogen) atoms. The fourth-order valence-electron chi connectivity index (χ4n) is 2.60. The molecule has 1 amide bonds. The Morgan fingerprint density at radius 3 is 2.86 bits per heavy atom. The number of aryl methyl sites for hydroxylation is 1. The molecule has 1 saturated carbocycles. The van der Waals surface area contributed by atoms with Gasteiger partial charge in [0.1, 0.15) is 6.33 Å². The lowest BCUT2D eigenvalue weighted by molar-refractivity contribution is -0.129. The number of benzene rings is 1. The van der Waals surface area contributed by atoms with Gasteiger partial charge >= 0.3 is 0 Å². The average molecular weight is 286 g/mol. The first-order chi connectivity index (χ1) is 10.1. The molecule has 7 nitrogen and oxygen atoms in total. The fraction of sp³-hybridized carbons (Fsp3) is 0.429. The summed E-state index contributed by atoms with van der Waals surface area (Å²) in [5.74, 6) is 0.00256. The largest absolute Gasteiger partial charge is 0.329 e. The molecule has 0 bridgehead atoms. The number of amides is 1. The lowest BCUT2D eigenvalue weighted by atomic mass is 9.68. The fourth-order valence-corrected chi connectivity index (χ4v) is 2.60. The number of carbonyl (C=O) groups is 1. The maximum Gasteiger partial charge on any atom is 0.231 e. The van der Waals surface area contributed by atoms with Gasteiger partial charge in [0.2, 0.25) is 5.91 Å². The number of aromatic nitrogens is 4. The normalized spacial score (nSPS) is 16.3. The molecule has 0 aliphatic heterocycles. The highest BCUT2D eigenvalue weighted by molar-refractivity contribution is 5.96. The van der Waals surface area contributed by atoms with Crippen molar-refractivity contribution in [2.24, 2.45) is 11.1 Å². The van der Waals surface area contributed by atoms with E-state index < -0.39 is 0 Å². The zero-order valence-electron chi connectivity index (χ0n) is 11.9. The molecule has 110 valence electrons. The summed E-state index contributed by atoms with van der Waals surface area (Å²) in [6.45, 7) is 2.36. The molecule has 1 aromatic heterocycles. The Morgan fingerprint density at radius 2 is 2.29 bits per heavy atom. The minimum atomic E-state index is -0.389. The second-order valence-corrected chi connectivity index (χ2v) is 5.55. The lowest BCUT2D eigenvalue weighted by Crippen LogP contribution is -2.47. The minimum absolute atomic E-state index is 0.00256. The molecule has 2 aromatic rings. The van der Waals surface area contributed by atoms with Crippen molar-refractivity contribution in [1.29, 1.82) is 0 Å². The first-order valence-electron chi connectivity index (χ1n) is 7.00. The maximum absolute atomic E-state index is 12.4. The summed E-state index contributed by atoms with van der Waals surface area (Å²) in [5, 5.41) is 14.1. The van der Waals surface area contributed by atoms with Crippen LogP contribution < -0.4 is 11.1 Å². The number of hydrogen-bond donors (Lipinski definition) is 2. The Morgan fingerprint density at radius 1 is 1.48 bits per heavy atom. The summed E-state index contributed by atoms with van der Waals surface area (Å²) in [7, 11) is 0. The first kappa shape index (κ1) is 13.7. The van der Waals surface area contributed by atoms with Gasteiger partial charge in [0.15, 0.2) is 0 Å². The first-order valence-corrected chi connectivity index (χ1v) is 7.00. The van der Waals surface area contributed by atoms with Gasteiger partial charge in [-0.25, -0.2) is 4.68 Å². The van der Waals surface area contributed by atoms with Crippen LogP contribution in [-0.4, -0.2) is 32.7 Å². The van der Waals surface area contributed by atoms with E-state index in [9.17, 15) is 4.79 Å². The molecular weight excluding hydrogens is 268 g/mol. The molecule has 0 radical (unpaired) electrons. The van der Waals surface area contributed by atoms with Crippen LogP contribution in [0, 0.1) is 12.3 Å². The molecule has 7 heteroatoms. The van der Waals surface area contributed by atoms with Gasteiger partial charge in [-0.3, -0.25) is 4.79 Å². The molecule has 1 aromatic carbocycles. The molecule has 0 saturated heterocycles. The third-order valence-corrected chi connectivity index (χ3v) is 4.25. The highest BCUT2D eigenvalue weighted by Crippen LogP contribution is 2.40. The van der Waals surface area contributed by atoms with Crippen molar-refractivity contribution in [2.75, 3.05) is 11.9 Å². The molecule has 0 spiro atoms. The van der Waals surface area contributed by atoms with E-state index in [0.29, 0.717) is 6.54 Å². The Kier molecular flexibility index (Phi) is 3.42. The molecule has 1 fully saturated rings. The van der Waals surface area contributed by atoms with Crippen LogP contribution in [0.25, 0.3) is 5.69 Å². The van der Waals surface area contributed by atoms with Crippen molar-refractivity contribution >= 4 is 11.6 Å². The van der Waals surface area contributed by atoms with E-state index >= 15 is 0 Å². The van der Waals surface area contributed by atoms with Crippen LogP contribution in [0.15, 0.2) is 24.5 Å². The van der Waals surface area contributed by atoms with Gasteiger partial charge in [-0.05, 0) is 47.9 Å². The summed E-state index contributed by atoms with van der Waals surface area (Å²) >= 11 is 0. The zero-order valence-corrected chi connectivity index (χ0v) is 11.9. The maximum atomic E-state index is 12.4. The number of tetrazole rings is 1. The van der Waals surface area contributed by atoms with Gasteiger partial charge < -0.3 is 11.1 Å². The Labute approximate surface area is 122 Å². The van der Waals surface area contributed by atoms with Crippen molar-refractivity contribution < 1.29 is 4.79 Å². The molecule has 1 aliphatic carbocycles. The highest BCUT2D eigenvalue weighted by atomic mass is 16.2. The number of nitrogens with two attached hydrogens (primary N) is 1. The summed E-state index contributed by atoms with van der Waals surface area (Å²) in [6.07, 6.45) is 4.32. The predicted octanol–water partition coefficient (Wildman–Crippen LogP) is 1.04. The second kappa shape index (κ2) is 5.25. The molecule has 1 aliphatic rings. The quantitative estimate of drug-likeness (QED) is 0.875. The van der Waals surface area contributed by atoms with Gasteiger partial charge in [0, 0.05) is 12.2 Å². The minimum Gasteiger partial charge on any atom is -0.329 e. The summed E-state index contributed by atoms with van der Waals surface area (Å²) < 4.78 is 1.58. The van der Waals surface area contributed by atoms with Crippen molar-refractivity contribution in [1.82, 2.24) is 20.2 Å². The second-order valence-electron chi connectivity index (χ2n) is 5.55. The van der Waals surface area contributed by atoms with E-state index in [1.165, 1.54) is 6.33 Å². The molecule has 3 rings (SSSR count). The van der Waals surface area contributed by atoms with Gasteiger partial charge in [0.05, 0.1) is 11.1 Å². The molecule has 3 N–H and O–H groups in total. The third-order valence-electron chi connectivity index (χ3n) is 4.25. The van der Waals surface area contributed by atoms with Crippen LogP contribution in [-0.2, 0) is 4.79 Å². The highest BCUT2D eigenvalue weighted by Gasteiger charge is 2.42. The zero-order chi connectivity index (χ0) is 14.9. The Hall–Kier alpha value is -2.28. The number of nitrogens with one attached hydrogen (secondary N) is 1. The van der Waals surface area contributed by atoms with E-state index in [0.717, 1.165) is 36.2 Å².